The Balaban J connectivity index is 1.62. The molecule has 1 aliphatic heterocycles. The normalized spacial score (nSPS) is 14.5. The Morgan fingerprint density at radius 2 is 1.83 bits per heavy atom. The first-order chi connectivity index (χ1) is 17.4. The highest BCUT2D eigenvalue weighted by atomic mass is 35.5. The van der Waals surface area contributed by atoms with Gasteiger partial charge in [0, 0.05) is 16.5 Å². The molecule has 0 saturated carbocycles. The predicted octanol–water partition coefficient (Wildman–Crippen LogP) is 6.94. The third kappa shape index (κ3) is 5.26. The number of nitrogens with two attached hydrogens (primary N) is 1. The molecule has 0 fully saturated rings. The van der Waals surface area contributed by atoms with Gasteiger partial charge in [-0.15, -0.1) is 11.8 Å². The van der Waals surface area contributed by atoms with Crippen LogP contribution in [0.25, 0.3) is 0 Å². The summed E-state index contributed by atoms with van der Waals surface area (Å²) in [5.41, 5.74) is 8.22. The van der Waals surface area contributed by atoms with E-state index < -0.39 is 11.9 Å². The van der Waals surface area contributed by atoms with Crippen molar-refractivity contribution < 1.29 is 19.0 Å². The summed E-state index contributed by atoms with van der Waals surface area (Å²) >= 11 is 14.2. The number of fused-ring (bicyclic) bond motifs is 1. The van der Waals surface area contributed by atoms with Gasteiger partial charge in [0.05, 0.1) is 28.1 Å². The number of carbonyl (C=O) groups excluding carboxylic acids is 1. The number of halogens is 2. The van der Waals surface area contributed by atoms with Gasteiger partial charge in [-0.25, -0.2) is 4.79 Å². The number of nitrogens with zero attached hydrogens (tertiary/aromatic N) is 1. The minimum atomic E-state index is -0.651. The molecular weight excluding hydrogens is 519 g/mol. The fourth-order valence-electron chi connectivity index (χ4n) is 3.82. The summed E-state index contributed by atoms with van der Waals surface area (Å²) in [5.74, 6) is -0.0911. The molecule has 0 bridgehead atoms. The van der Waals surface area contributed by atoms with Gasteiger partial charge in [0.1, 0.15) is 23.1 Å². The van der Waals surface area contributed by atoms with Crippen LogP contribution in [-0.4, -0.2) is 18.8 Å². The SMILES string of the molecule is CCCOc1c(Cl)cc(C(=O)Oc2ccc3c(c2)OC(N)=C(C#N)C3c2ccc(SC)cc2)cc1Cl. The van der Waals surface area contributed by atoms with Crippen molar-refractivity contribution in [2.24, 2.45) is 5.73 Å². The first kappa shape index (κ1) is 25.8. The van der Waals surface area contributed by atoms with E-state index in [2.05, 4.69) is 6.07 Å². The van der Waals surface area contributed by atoms with E-state index in [1.54, 1.807) is 30.0 Å². The van der Waals surface area contributed by atoms with Crippen LogP contribution < -0.4 is 19.9 Å². The molecule has 1 aliphatic rings. The van der Waals surface area contributed by atoms with Gasteiger partial charge in [0.15, 0.2) is 5.75 Å². The molecule has 0 spiro atoms. The lowest BCUT2D eigenvalue weighted by molar-refractivity contribution is 0.0734. The zero-order valence-electron chi connectivity index (χ0n) is 19.5. The maximum absolute atomic E-state index is 12.8. The molecule has 0 saturated heterocycles. The Labute approximate surface area is 223 Å². The number of rotatable bonds is 7. The van der Waals surface area contributed by atoms with Gasteiger partial charge in [0.25, 0.3) is 0 Å². The molecule has 0 aliphatic carbocycles. The molecule has 36 heavy (non-hydrogen) atoms. The lowest BCUT2D eigenvalue weighted by atomic mass is 9.83. The molecule has 4 rings (SSSR count). The van der Waals surface area contributed by atoms with E-state index in [1.165, 1.54) is 12.1 Å². The summed E-state index contributed by atoms with van der Waals surface area (Å²) in [4.78, 5) is 13.9. The van der Waals surface area contributed by atoms with E-state index in [4.69, 9.17) is 43.1 Å². The molecule has 2 N–H and O–H groups in total. The van der Waals surface area contributed by atoms with Crippen LogP contribution in [0.3, 0.4) is 0 Å². The quantitative estimate of drug-likeness (QED) is 0.197. The average molecular weight is 541 g/mol. The number of carbonyl (C=O) groups is 1. The monoisotopic (exact) mass is 540 g/mol. The van der Waals surface area contributed by atoms with Crippen molar-refractivity contribution in [1.29, 1.82) is 5.26 Å². The van der Waals surface area contributed by atoms with Crippen LogP contribution in [0.2, 0.25) is 10.0 Å². The summed E-state index contributed by atoms with van der Waals surface area (Å²) in [6.07, 6.45) is 2.78. The predicted molar refractivity (Wildman–Crippen MR) is 141 cm³/mol. The van der Waals surface area contributed by atoms with Crippen molar-refractivity contribution >= 4 is 40.9 Å². The van der Waals surface area contributed by atoms with Crippen LogP contribution in [-0.2, 0) is 0 Å². The van der Waals surface area contributed by atoms with Gasteiger partial charge in [-0.1, -0.05) is 48.3 Å². The maximum atomic E-state index is 12.8. The van der Waals surface area contributed by atoms with Gasteiger partial charge in [-0.3, -0.25) is 0 Å². The molecule has 0 aromatic heterocycles. The number of thioether (sulfide) groups is 1. The highest BCUT2D eigenvalue weighted by molar-refractivity contribution is 7.98. The van der Waals surface area contributed by atoms with Crippen molar-refractivity contribution in [3.63, 3.8) is 0 Å². The van der Waals surface area contributed by atoms with E-state index in [0.717, 1.165) is 22.4 Å². The minimum Gasteiger partial charge on any atom is -0.490 e. The summed E-state index contributed by atoms with van der Waals surface area (Å²) in [5, 5.41) is 10.2. The summed E-state index contributed by atoms with van der Waals surface area (Å²) in [6.45, 7) is 2.41. The lowest BCUT2D eigenvalue weighted by Crippen LogP contribution is -2.21. The van der Waals surface area contributed by atoms with Gasteiger partial charge in [0.2, 0.25) is 5.88 Å². The topological polar surface area (TPSA) is 94.6 Å². The highest BCUT2D eigenvalue weighted by Gasteiger charge is 2.31. The van der Waals surface area contributed by atoms with Crippen molar-refractivity contribution in [2.75, 3.05) is 12.9 Å². The van der Waals surface area contributed by atoms with Gasteiger partial charge in [-0.2, -0.15) is 5.26 Å². The molecule has 184 valence electrons. The third-order valence-electron chi connectivity index (χ3n) is 5.53. The van der Waals surface area contributed by atoms with Crippen LogP contribution >= 0.6 is 35.0 Å². The molecule has 1 unspecified atom stereocenters. The van der Waals surface area contributed by atoms with E-state index in [-0.39, 0.29) is 27.2 Å². The largest absolute Gasteiger partial charge is 0.490 e. The Morgan fingerprint density at radius 1 is 1.14 bits per heavy atom. The van der Waals surface area contributed by atoms with E-state index >= 15 is 0 Å². The standard InChI is InChI=1S/C27H22Cl2N2O4S/c1-3-10-33-25-21(28)11-16(12-22(25)29)27(32)34-17-6-9-19-23(13-17)35-26(31)20(14-30)24(19)15-4-7-18(36-2)8-5-15/h4-9,11-13,24H,3,10,31H2,1-2H3. The zero-order chi connectivity index (χ0) is 25.8. The maximum Gasteiger partial charge on any atom is 0.343 e. The molecule has 1 atom stereocenters. The van der Waals surface area contributed by atoms with E-state index in [1.807, 2.05) is 37.4 Å². The number of hydrogen-bond donors (Lipinski definition) is 1. The van der Waals surface area contributed by atoms with Crippen LogP contribution in [0.1, 0.15) is 40.7 Å². The van der Waals surface area contributed by atoms with Crippen molar-refractivity contribution in [2.45, 2.75) is 24.2 Å². The molecule has 0 amide bonds. The van der Waals surface area contributed by atoms with Crippen LogP contribution in [0.15, 0.2) is 70.9 Å². The van der Waals surface area contributed by atoms with E-state index in [0.29, 0.717) is 23.7 Å². The number of esters is 1. The average Bonchev–Trinajstić information content (AvgIpc) is 2.87. The zero-order valence-corrected chi connectivity index (χ0v) is 21.8. The Kier molecular flexibility index (Phi) is 8.00. The van der Waals surface area contributed by atoms with Gasteiger partial charge < -0.3 is 19.9 Å². The van der Waals surface area contributed by atoms with Crippen LogP contribution in [0.4, 0.5) is 0 Å². The highest BCUT2D eigenvalue weighted by Crippen LogP contribution is 2.44. The number of allylic oxidation sites excluding steroid dienone is 1. The fraction of sp³-hybridized carbons (Fsp3) is 0.185. The Morgan fingerprint density at radius 3 is 2.44 bits per heavy atom. The smallest absolute Gasteiger partial charge is 0.343 e. The van der Waals surface area contributed by atoms with Crippen LogP contribution in [0.5, 0.6) is 17.2 Å². The van der Waals surface area contributed by atoms with Crippen LogP contribution in [0, 0.1) is 11.3 Å². The van der Waals surface area contributed by atoms with Gasteiger partial charge in [-0.05, 0) is 48.6 Å². The van der Waals surface area contributed by atoms with Crippen molar-refractivity contribution in [1.82, 2.24) is 0 Å². The first-order valence-electron chi connectivity index (χ1n) is 11.1. The lowest BCUT2D eigenvalue weighted by Gasteiger charge is -2.26. The molecule has 9 heteroatoms. The first-order valence-corrected chi connectivity index (χ1v) is 13.0. The molecule has 1 heterocycles. The second-order valence-electron chi connectivity index (χ2n) is 7.90. The molecule has 3 aromatic rings. The minimum absolute atomic E-state index is 0.00801. The fourth-order valence-corrected chi connectivity index (χ4v) is 4.83. The second kappa shape index (κ2) is 11.2. The Bertz CT molecular complexity index is 1360. The summed E-state index contributed by atoms with van der Waals surface area (Å²) in [6, 6.07) is 17.9. The van der Waals surface area contributed by atoms with Crippen molar-refractivity contribution in [3.05, 3.63) is 92.8 Å². The number of ether oxygens (including phenoxy) is 3. The number of hydrogen-bond acceptors (Lipinski definition) is 7. The van der Waals surface area contributed by atoms with E-state index in [9.17, 15) is 10.1 Å². The summed E-state index contributed by atoms with van der Waals surface area (Å²) < 4.78 is 16.8. The third-order valence-corrected chi connectivity index (χ3v) is 6.84. The van der Waals surface area contributed by atoms with Crippen molar-refractivity contribution in [3.8, 4) is 23.3 Å². The molecule has 3 aromatic carbocycles. The second-order valence-corrected chi connectivity index (χ2v) is 9.60. The molecule has 0 radical (unpaired) electrons. The van der Waals surface area contributed by atoms with Gasteiger partial charge >= 0.3 is 5.97 Å². The number of nitriles is 1. The molecular formula is C27H22Cl2N2O4S. The number of benzene rings is 3. The Hall–Kier alpha value is -3.31. The molecule has 6 nitrogen and oxygen atoms in total. The summed E-state index contributed by atoms with van der Waals surface area (Å²) in [7, 11) is 0.